The van der Waals surface area contributed by atoms with Crippen molar-refractivity contribution in [3.8, 4) is 5.69 Å². The van der Waals surface area contributed by atoms with Crippen LogP contribution in [-0.2, 0) is 0 Å². The SMILES string of the molecule is S=c1c2ccccc2[se]n1-c1cccc2cnccc12. The van der Waals surface area contributed by atoms with Crippen LogP contribution in [0.15, 0.2) is 60.9 Å². The fourth-order valence-electron chi connectivity index (χ4n) is 2.41. The monoisotopic (exact) mass is 342 g/mol. The van der Waals surface area contributed by atoms with E-state index in [1.165, 1.54) is 20.7 Å². The molecule has 0 fully saturated rings. The molecule has 0 aliphatic rings. The molecule has 96 valence electrons. The zero-order chi connectivity index (χ0) is 13.5. The minimum absolute atomic E-state index is 0.214. The number of benzene rings is 2. The quantitative estimate of drug-likeness (QED) is 0.385. The topological polar surface area (TPSA) is 17.8 Å². The van der Waals surface area contributed by atoms with Gasteiger partial charge in [0.25, 0.3) is 0 Å². The van der Waals surface area contributed by atoms with Crippen molar-refractivity contribution in [2.75, 3.05) is 0 Å². The zero-order valence-corrected chi connectivity index (χ0v) is 13.0. The van der Waals surface area contributed by atoms with Gasteiger partial charge >= 0.3 is 127 Å². The third-order valence-corrected chi connectivity index (χ3v) is 6.37. The van der Waals surface area contributed by atoms with Gasteiger partial charge in [-0.1, -0.05) is 0 Å². The van der Waals surface area contributed by atoms with E-state index in [9.17, 15) is 0 Å². The van der Waals surface area contributed by atoms with Crippen LogP contribution in [-0.4, -0.2) is 23.3 Å². The molecule has 4 heteroatoms. The predicted octanol–water partition coefficient (Wildman–Crippen LogP) is 3.97. The van der Waals surface area contributed by atoms with Gasteiger partial charge in [0.05, 0.1) is 0 Å². The molecule has 0 spiro atoms. The Hall–Kier alpha value is -1.74. The maximum absolute atomic E-state index is 5.67. The van der Waals surface area contributed by atoms with Crippen molar-refractivity contribution in [2.45, 2.75) is 0 Å². The van der Waals surface area contributed by atoms with Crippen molar-refractivity contribution in [1.82, 2.24) is 8.55 Å². The summed E-state index contributed by atoms with van der Waals surface area (Å²) in [5.41, 5.74) is 1.19. The summed E-state index contributed by atoms with van der Waals surface area (Å²) in [4.78, 5) is 4.19. The Kier molecular flexibility index (Phi) is 2.81. The van der Waals surface area contributed by atoms with Gasteiger partial charge in [0, 0.05) is 0 Å². The molecule has 0 atom stereocenters. The maximum atomic E-state index is 5.67. The van der Waals surface area contributed by atoms with E-state index in [2.05, 4.69) is 57.1 Å². The van der Waals surface area contributed by atoms with Gasteiger partial charge in [0.15, 0.2) is 0 Å². The normalized spacial score (nSPS) is 11.2. The summed E-state index contributed by atoms with van der Waals surface area (Å²) in [6.45, 7) is 0. The summed E-state index contributed by atoms with van der Waals surface area (Å²) in [6.07, 6.45) is 3.74. The standard InChI is InChI=1S/C16H10N2SSe/c19-16-13-5-1-2-7-15(13)20-18(16)14-6-3-4-11-10-17-9-8-12(11)14/h1-10H. The van der Waals surface area contributed by atoms with Crippen molar-refractivity contribution in [1.29, 1.82) is 0 Å². The van der Waals surface area contributed by atoms with E-state index in [0.717, 1.165) is 10.0 Å². The summed E-state index contributed by atoms with van der Waals surface area (Å²) in [7, 11) is 0. The predicted molar refractivity (Wildman–Crippen MR) is 86.4 cm³/mol. The number of rotatable bonds is 1. The molecule has 0 bridgehead atoms. The van der Waals surface area contributed by atoms with Crippen LogP contribution in [0.25, 0.3) is 26.1 Å². The molecular formula is C16H10N2SSe. The molecular weight excluding hydrogens is 331 g/mol. The second kappa shape index (κ2) is 4.67. The summed E-state index contributed by atoms with van der Waals surface area (Å²) in [6, 6.07) is 16.8. The average molecular weight is 341 g/mol. The van der Waals surface area contributed by atoms with Crippen molar-refractivity contribution in [3.63, 3.8) is 0 Å². The van der Waals surface area contributed by atoms with Gasteiger partial charge in [0.1, 0.15) is 0 Å². The van der Waals surface area contributed by atoms with Gasteiger partial charge in [0.2, 0.25) is 0 Å². The second-order valence-electron chi connectivity index (χ2n) is 4.56. The molecule has 0 N–H and O–H groups in total. The Labute approximate surface area is 127 Å². The number of pyridine rings is 1. The Bertz CT molecular complexity index is 979. The minimum atomic E-state index is 0.214. The molecule has 2 aromatic heterocycles. The molecule has 0 aliphatic heterocycles. The fourth-order valence-corrected chi connectivity index (χ4v) is 5.21. The summed E-state index contributed by atoms with van der Waals surface area (Å²) in [5.74, 6) is 0. The molecule has 0 amide bonds. The first-order valence-corrected chi connectivity index (χ1v) is 8.32. The van der Waals surface area contributed by atoms with Crippen LogP contribution >= 0.6 is 12.2 Å². The first kappa shape index (κ1) is 12.0. The van der Waals surface area contributed by atoms with E-state index in [4.69, 9.17) is 12.2 Å². The van der Waals surface area contributed by atoms with Crippen LogP contribution in [0.1, 0.15) is 0 Å². The van der Waals surface area contributed by atoms with Crippen LogP contribution < -0.4 is 0 Å². The molecule has 4 aromatic rings. The Morgan fingerprint density at radius 3 is 2.75 bits per heavy atom. The third kappa shape index (κ3) is 1.77. The van der Waals surface area contributed by atoms with Crippen molar-refractivity contribution < 1.29 is 0 Å². The van der Waals surface area contributed by atoms with Crippen LogP contribution in [0.5, 0.6) is 0 Å². The molecule has 2 aromatic carbocycles. The van der Waals surface area contributed by atoms with Crippen molar-refractivity contribution in [2.24, 2.45) is 0 Å². The molecule has 0 radical (unpaired) electrons. The summed E-state index contributed by atoms with van der Waals surface area (Å²) in [5, 5.41) is 3.56. The fraction of sp³-hybridized carbons (Fsp3) is 0. The van der Waals surface area contributed by atoms with E-state index in [0.29, 0.717) is 0 Å². The van der Waals surface area contributed by atoms with Gasteiger partial charge in [-0.2, -0.15) is 0 Å². The number of hydrogen-bond acceptors (Lipinski definition) is 2. The first-order chi connectivity index (χ1) is 9.84. The zero-order valence-electron chi connectivity index (χ0n) is 10.5. The van der Waals surface area contributed by atoms with Crippen molar-refractivity contribution >= 4 is 47.4 Å². The van der Waals surface area contributed by atoms with E-state index >= 15 is 0 Å². The van der Waals surface area contributed by atoms with E-state index in [-0.39, 0.29) is 14.7 Å². The second-order valence-corrected chi connectivity index (χ2v) is 7.02. The number of fused-ring (bicyclic) bond motifs is 2. The molecule has 4 rings (SSSR count). The molecule has 20 heavy (non-hydrogen) atoms. The summed E-state index contributed by atoms with van der Waals surface area (Å²) < 4.78 is 4.57. The molecule has 0 saturated heterocycles. The average Bonchev–Trinajstić information content (AvgIpc) is 2.84. The van der Waals surface area contributed by atoms with E-state index < -0.39 is 0 Å². The molecule has 0 saturated carbocycles. The van der Waals surface area contributed by atoms with Gasteiger partial charge in [-0.15, -0.1) is 0 Å². The molecule has 0 aliphatic carbocycles. The third-order valence-electron chi connectivity index (χ3n) is 3.37. The van der Waals surface area contributed by atoms with Gasteiger partial charge in [-0.3, -0.25) is 0 Å². The van der Waals surface area contributed by atoms with E-state index in [1.54, 1.807) is 0 Å². The molecule has 2 nitrogen and oxygen atoms in total. The molecule has 0 unspecified atom stereocenters. The van der Waals surface area contributed by atoms with Crippen LogP contribution in [0.2, 0.25) is 0 Å². The first-order valence-electron chi connectivity index (χ1n) is 6.29. The molecule has 2 heterocycles. The van der Waals surface area contributed by atoms with Crippen LogP contribution in [0.4, 0.5) is 0 Å². The Morgan fingerprint density at radius 1 is 0.950 bits per heavy atom. The number of nitrogens with zero attached hydrogens (tertiary/aromatic N) is 2. The van der Waals surface area contributed by atoms with Gasteiger partial charge in [-0.05, 0) is 0 Å². The number of hydrogen-bond donors (Lipinski definition) is 0. The van der Waals surface area contributed by atoms with E-state index in [1.807, 2.05) is 12.4 Å². The van der Waals surface area contributed by atoms with Crippen LogP contribution in [0, 0.1) is 4.64 Å². The van der Waals surface area contributed by atoms with Gasteiger partial charge in [-0.25, -0.2) is 0 Å². The number of aromatic nitrogens is 2. The Balaban J connectivity index is 2.12. The van der Waals surface area contributed by atoms with Crippen molar-refractivity contribution in [3.05, 3.63) is 65.6 Å². The Morgan fingerprint density at radius 2 is 1.85 bits per heavy atom. The van der Waals surface area contributed by atoms with Crippen LogP contribution in [0.3, 0.4) is 0 Å². The van der Waals surface area contributed by atoms with Gasteiger partial charge < -0.3 is 0 Å². The summed E-state index contributed by atoms with van der Waals surface area (Å²) >= 11 is 5.88.